The van der Waals surface area contributed by atoms with Gasteiger partial charge in [0.25, 0.3) is 0 Å². The predicted octanol–water partition coefficient (Wildman–Crippen LogP) is 1.71. The summed E-state index contributed by atoms with van der Waals surface area (Å²) in [5.74, 6) is 0.797. The van der Waals surface area contributed by atoms with Crippen LogP contribution in [0.3, 0.4) is 0 Å². The number of nitrogens with zero attached hydrogens (tertiary/aromatic N) is 1. The van der Waals surface area contributed by atoms with E-state index in [0.29, 0.717) is 11.5 Å². The maximum atomic E-state index is 5.83. The maximum Gasteiger partial charge on any atom is 0.0826 e. The van der Waals surface area contributed by atoms with Crippen molar-refractivity contribution in [1.29, 1.82) is 0 Å². The molecule has 1 saturated heterocycles. The van der Waals surface area contributed by atoms with Gasteiger partial charge in [-0.1, -0.05) is 6.92 Å². The standard InChI is InChI=1S/C13H25ClN2O/c1-2-16-7-8-17-12(10-16)9-15-11-13(3-4-13)5-6-14/h12,15H,2-11H2,1H3. The lowest BCUT2D eigenvalue weighted by molar-refractivity contribution is -0.0256. The summed E-state index contributed by atoms with van der Waals surface area (Å²) in [7, 11) is 0. The van der Waals surface area contributed by atoms with Crippen molar-refractivity contribution in [2.24, 2.45) is 5.41 Å². The first-order valence-corrected chi connectivity index (χ1v) is 7.42. The third kappa shape index (κ3) is 4.09. The van der Waals surface area contributed by atoms with Crippen molar-refractivity contribution in [3.05, 3.63) is 0 Å². The number of alkyl halides is 1. The zero-order valence-electron chi connectivity index (χ0n) is 10.9. The van der Waals surface area contributed by atoms with Crippen molar-refractivity contribution < 1.29 is 4.74 Å². The average Bonchev–Trinajstić information content (AvgIpc) is 3.10. The van der Waals surface area contributed by atoms with Gasteiger partial charge in [0, 0.05) is 32.1 Å². The van der Waals surface area contributed by atoms with Gasteiger partial charge in [0.15, 0.2) is 0 Å². The maximum absolute atomic E-state index is 5.83. The Kier molecular flexibility index (Phi) is 5.10. The lowest BCUT2D eigenvalue weighted by Crippen LogP contribution is -2.47. The second kappa shape index (κ2) is 6.37. The fourth-order valence-corrected chi connectivity index (χ4v) is 2.98. The van der Waals surface area contributed by atoms with Crippen LogP contribution in [0.15, 0.2) is 0 Å². The number of hydrogen-bond acceptors (Lipinski definition) is 3. The second-order valence-electron chi connectivity index (χ2n) is 5.46. The Bertz CT molecular complexity index is 233. The third-order valence-electron chi connectivity index (χ3n) is 4.12. The van der Waals surface area contributed by atoms with Crippen molar-refractivity contribution in [3.63, 3.8) is 0 Å². The van der Waals surface area contributed by atoms with E-state index in [1.165, 1.54) is 12.8 Å². The van der Waals surface area contributed by atoms with Gasteiger partial charge in [-0.2, -0.15) is 0 Å². The lowest BCUT2D eigenvalue weighted by Gasteiger charge is -2.32. The van der Waals surface area contributed by atoms with E-state index in [1.54, 1.807) is 0 Å². The zero-order chi connectivity index (χ0) is 12.1. The number of nitrogens with one attached hydrogen (secondary N) is 1. The molecule has 1 aliphatic heterocycles. The predicted molar refractivity (Wildman–Crippen MR) is 71.7 cm³/mol. The van der Waals surface area contributed by atoms with Gasteiger partial charge in [0.1, 0.15) is 0 Å². The molecular formula is C13H25ClN2O. The topological polar surface area (TPSA) is 24.5 Å². The van der Waals surface area contributed by atoms with Crippen molar-refractivity contribution in [3.8, 4) is 0 Å². The zero-order valence-corrected chi connectivity index (χ0v) is 11.6. The molecule has 0 aromatic rings. The van der Waals surface area contributed by atoms with E-state index in [2.05, 4.69) is 17.1 Å². The van der Waals surface area contributed by atoms with E-state index in [1.807, 2.05) is 0 Å². The molecule has 0 radical (unpaired) electrons. The first-order valence-electron chi connectivity index (χ1n) is 6.89. The lowest BCUT2D eigenvalue weighted by atomic mass is 10.0. The molecule has 2 rings (SSSR count). The summed E-state index contributed by atoms with van der Waals surface area (Å²) in [4.78, 5) is 2.46. The quantitative estimate of drug-likeness (QED) is 0.706. The van der Waals surface area contributed by atoms with Crippen LogP contribution < -0.4 is 5.32 Å². The van der Waals surface area contributed by atoms with Crippen molar-refractivity contribution in [1.82, 2.24) is 10.2 Å². The molecule has 100 valence electrons. The molecule has 1 atom stereocenters. The molecule has 0 aromatic heterocycles. The molecule has 1 N–H and O–H groups in total. The van der Waals surface area contributed by atoms with Crippen molar-refractivity contribution >= 4 is 11.6 Å². The van der Waals surface area contributed by atoms with Crippen LogP contribution in [0.5, 0.6) is 0 Å². The minimum atomic E-state index is 0.371. The Morgan fingerprint density at radius 3 is 2.94 bits per heavy atom. The second-order valence-corrected chi connectivity index (χ2v) is 5.83. The van der Waals surface area contributed by atoms with E-state index in [0.717, 1.165) is 51.6 Å². The monoisotopic (exact) mass is 260 g/mol. The van der Waals surface area contributed by atoms with E-state index < -0.39 is 0 Å². The SMILES string of the molecule is CCN1CCOC(CNCC2(CCCl)CC2)C1. The van der Waals surface area contributed by atoms with E-state index in [-0.39, 0.29) is 0 Å². The highest BCUT2D eigenvalue weighted by Gasteiger charge is 2.41. The van der Waals surface area contributed by atoms with E-state index in [9.17, 15) is 0 Å². The van der Waals surface area contributed by atoms with Gasteiger partial charge in [-0.05, 0) is 31.2 Å². The average molecular weight is 261 g/mol. The Morgan fingerprint density at radius 1 is 1.47 bits per heavy atom. The number of rotatable bonds is 7. The van der Waals surface area contributed by atoms with Crippen molar-refractivity contribution in [2.75, 3.05) is 45.2 Å². The van der Waals surface area contributed by atoms with Gasteiger partial charge in [-0.3, -0.25) is 4.90 Å². The fraction of sp³-hybridized carbons (Fsp3) is 1.00. The van der Waals surface area contributed by atoms with Crippen LogP contribution in [0, 0.1) is 5.41 Å². The minimum Gasteiger partial charge on any atom is -0.374 e. The molecule has 2 fully saturated rings. The summed E-state index contributed by atoms with van der Waals surface area (Å²) in [6, 6.07) is 0. The van der Waals surface area contributed by atoms with Gasteiger partial charge in [-0.15, -0.1) is 11.6 Å². The molecule has 0 bridgehead atoms. The molecule has 0 spiro atoms. The van der Waals surface area contributed by atoms with Crippen LogP contribution in [0.1, 0.15) is 26.2 Å². The van der Waals surface area contributed by atoms with Gasteiger partial charge in [0.05, 0.1) is 12.7 Å². The number of halogens is 1. The van der Waals surface area contributed by atoms with Crippen LogP contribution in [-0.2, 0) is 4.74 Å². The smallest absolute Gasteiger partial charge is 0.0826 e. The summed E-state index contributed by atoms with van der Waals surface area (Å²) in [5.41, 5.74) is 0.529. The summed E-state index contributed by atoms with van der Waals surface area (Å²) in [5, 5.41) is 3.58. The first-order chi connectivity index (χ1) is 8.28. The molecule has 1 aliphatic carbocycles. The summed E-state index contributed by atoms with van der Waals surface area (Å²) in [6.07, 6.45) is 4.22. The molecule has 0 aromatic carbocycles. The molecular weight excluding hydrogens is 236 g/mol. The first kappa shape index (κ1) is 13.6. The Morgan fingerprint density at radius 2 is 2.29 bits per heavy atom. The van der Waals surface area contributed by atoms with E-state index >= 15 is 0 Å². The fourth-order valence-electron chi connectivity index (χ4n) is 2.58. The van der Waals surface area contributed by atoms with Crippen LogP contribution >= 0.6 is 11.6 Å². The van der Waals surface area contributed by atoms with Crippen LogP contribution in [0.25, 0.3) is 0 Å². The highest BCUT2D eigenvalue weighted by Crippen LogP contribution is 2.48. The Labute approximate surface area is 110 Å². The highest BCUT2D eigenvalue weighted by molar-refractivity contribution is 6.17. The number of ether oxygens (including phenoxy) is 1. The Hall–Kier alpha value is 0.170. The molecule has 4 heteroatoms. The molecule has 17 heavy (non-hydrogen) atoms. The van der Waals surface area contributed by atoms with Crippen LogP contribution in [0.4, 0.5) is 0 Å². The van der Waals surface area contributed by atoms with E-state index in [4.69, 9.17) is 16.3 Å². The summed E-state index contributed by atoms with van der Waals surface area (Å²) >= 11 is 5.83. The molecule has 1 saturated carbocycles. The molecule has 2 aliphatic rings. The summed E-state index contributed by atoms with van der Waals surface area (Å²) < 4.78 is 5.77. The Balaban J connectivity index is 1.61. The van der Waals surface area contributed by atoms with Gasteiger partial charge in [0.2, 0.25) is 0 Å². The number of morpholine rings is 1. The highest BCUT2D eigenvalue weighted by atomic mass is 35.5. The number of hydrogen-bond donors (Lipinski definition) is 1. The number of likely N-dealkylation sites (N-methyl/N-ethyl adjacent to an activating group) is 1. The molecule has 3 nitrogen and oxygen atoms in total. The van der Waals surface area contributed by atoms with Crippen molar-refractivity contribution in [2.45, 2.75) is 32.3 Å². The summed E-state index contributed by atoms with van der Waals surface area (Å²) in [6.45, 7) is 8.50. The largest absolute Gasteiger partial charge is 0.374 e. The third-order valence-corrected chi connectivity index (χ3v) is 4.31. The van der Waals surface area contributed by atoms with Crippen LogP contribution in [0.2, 0.25) is 0 Å². The van der Waals surface area contributed by atoms with Gasteiger partial charge in [-0.25, -0.2) is 0 Å². The van der Waals surface area contributed by atoms with Gasteiger partial charge >= 0.3 is 0 Å². The van der Waals surface area contributed by atoms with Crippen LogP contribution in [-0.4, -0.2) is 56.2 Å². The van der Waals surface area contributed by atoms with Gasteiger partial charge < -0.3 is 10.1 Å². The molecule has 1 heterocycles. The molecule has 0 amide bonds. The normalized spacial score (nSPS) is 28.2. The minimum absolute atomic E-state index is 0.371. The molecule has 1 unspecified atom stereocenters.